The van der Waals surface area contributed by atoms with Gasteiger partial charge < -0.3 is 10.5 Å². The zero-order valence-corrected chi connectivity index (χ0v) is 10.6. The lowest BCUT2D eigenvalue weighted by Crippen LogP contribution is -1.98. The number of hydrogen-bond acceptors (Lipinski definition) is 6. The minimum atomic E-state index is -0.476. The van der Waals surface area contributed by atoms with E-state index < -0.39 is 4.92 Å². The molecule has 2 N–H and O–H groups in total. The number of rotatable bonds is 3. The number of hydrogen-bond donors (Lipinski definition) is 1. The van der Waals surface area contributed by atoms with Gasteiger partial charge in [0.2, 0.25) is 11.8 Å². The fourth-order valence-electron chi connectivity index (χ4n) is 1.44. The predicted molar refractivity (Wildman–Crippen MR) is 69.4 cm³/mol. The van der Waals surface area contributed by atoms with Gasteiger partial charge in [-0.2, -0.15) is 4.98 Å². The summed E-state index contributed by atoms with van der Waals surface area (Å²) in [7, 11) is 0. The third-order valence-electron chi connectivity index (χ3n) is 2.27. The lowest BCUT2D eigenvalue weighted by Gasteiger charge is -2.08. The molecule has 7 nitrogen and oxygen atoms in total. The largest absolute Gasteiger partial charge is 0.439 e. The molecule has 2 aromatic rings. The van der Waals surface area contributed by atoms with Gasteiger partial charge in [0.1, 0.15) is 10.9 Å². The standard InChI is InChI=1S/C11H9ClN4O3/c1-6-4-7(16(17)18)2-3-8(6)19-10-5-9(12)14-11(13)15-10/h2-5H,1H3,(H2,13,14,15). The smallest absolute Gasteiger partial charge is 0.269 e. The van der Waals surface area contributed by atoms with Crippen LogP contribution in [-0.4, -0.2) is 14.9 Å². The lowest BCUT2D eigenvalue weighted by molar-refractivity contribution is -0.384. The van der Waals surface area contributed by atoms with Crippen LogP contribution in [0.5, 0.6) is 11.6 Å². The van der Waals surface area contributed by atoms with E-state index in [-0.39, 0.29) is 22.7 Å². The highest BCUT2D eigenvalue weighted by Gasteiger charge is 2.10. The lowest BCUT2D eigenvalue weighted by atomic mass is 10.2. The van der Waals surface area contributed by atoms with E-state index in [2.05, 4.69) is 9.97 Å². The van der Waals surface area contributed by atoms with Crippen LogP contribution in [0.1, 0.15) is 5.56 Å². The first-order valence-electron chi connectivity index (χ1n) is 5.18. The van der Waals surface area contributed by atoms with Crippen molar-refractivity contribution < 1.29 is 9.66 Å². The summed E-state index contributed by atoms with van der Waals surface area (Å²) in [5, 5.41) is 10.8. The second-order valence-electron chi connectivity index (χ2n) is 3.70. The molecule has 1 aromatic heterocycles. The SMILES string of the molecule is Cc1cc([N+](=O)[O-])ccc1Oc1cc(Cl)nc(N)n1. The molecule has 1 aromatic carbocycles. The molecule has 0 unspecified atom stereocenters. The van der Waals surface area contributed by atoms with Crippen LogP contribution in [0.2, 0.25) is 5.15 Å². The van der Waals surface area contributed by atoms with Crippen molar-refractivity contribution in [3.63, 3.8) is 0 Å². The molecule has 19 heavy (non-hydrogen) atoms. The van der Waals surface area contributed by atoms with Gasteiger partial charge in [-0.05, 0) is 18.6 Å². The molecule has 0 fully saturated rings. The molecule has 0 saturated heterocycles. The molecule has 0 amide bonds. The first-order chi connectivity index (χ1) is 8.95. The van der Waals surface area contributed by atoms with Crippen LogP contribution in [0.3, 0.4) is 0 Å². The van der Waals surface area contributed by atoms with Gasteiger partial charge in [-0.15, -0.1) is 0 Å². The molecule has 0 saturated carbocycles. The van der Waals surface area contributed by atoms with Crippen LogP contribution in [0.4, 0.5) is 11.6 Å². The van der Waals surface area contributed by atoms with Gasteiger partial charge in [0.15, 0.2) is 0 Å². The van der Waals surface area contributed by atoms with Crippen molar-refractivity contribution in [3.05, 3.63) is 45.1 Å². The number of non-ortho nitro benzene ring substituents is 1. The normalized spacial score (nSPS) is 10.2. The molecule has 0 aliphatic rings. The zero-order chi connectivity index (χ0) is 14.0. The number of nitro groups is 1. The summed E-state index contributed by atoms with van der Waals surface area (Å²) >= 11 is 5.72. The Morgan fingerprint density at radius 1 is 1.37 bits per heavy atom. The monoisotopic (exact) mass is 280 g/mol. The molecule has 0 aliphatic carbocycles. The average Bonchev–Trinajstić information content (AvgIpc) is 2.30. The number of nitro benzene ring substituents is 1. The fourth-order valence-corrected chi connectivity index (χ4v) is 1.62. The highest BCUT2D eigenvalue weighted by Crippen LogP contribution is 2.28. The van der Waals surface area contributed by atoms with Crippen LogP contribution in [0.25, 0.3) is 0 Å². The van der Waals surface area contributed by atoms with Crippen LogP contribution >= 0.6 is 11.6 Å². The second-order valence-corrected chi connectivity index (χ2v) is 4.08. The van der Waals surface area contributed by atoms with Gasteiger partial charge in [0.25, 0.3) is 5.69 Å². The Morgan fingerprint density at radius 3 is 2.68 bits per heavy atom. The van der Waals surface area contributed by atoms with Gasteiger partial charge in [0.05, 0.1) is 4.92 Å². The summed E-state index contributed by atoms with van der Waals surface area (Å²) in [4.78, 5) is 17.7. The van der Waals surface area contributed by atoms with Gasteiger partial charge in [0, 0.05) is 18.2 Å². The Morgan fingerprint density at radius 2 is 2.11 bits per heavy atom. The molecular formula is C11H9ClN4O3. The van der Waals surface area contributed by atoms with Crippen molar-refractivity contribution >= 4 is 23.2 Å². The maximum absolute atomic E-state index is 10.6. The molecule has 0 bridgehead atoms. The van der Waals surface area contributed by atoms with E-state index in [1.807, 2.05) is 0 Å². The Labute approximate surface area is 113 Å². The number of nitrogen functional groups attached to an aromatic ring is 1. The molecule has 0 aliphatic heterocycles. The topological polar surface area (TPSA) is 104 Å². The number of aromatic nitrogens is 2. The van der Waals surface area contributed by atoms with E-state index in [0.717, 1.165) is 0 Å². The maximum atomic E-state index is 10.6. The Balaban J connectivity index is 2.30. The van der Waals surface area contributed by atoms with Crippen LogP contribution in [-0.2, 0) is 0 Å². The number of nitrogens with two attached hydrogens (primary N) is 1. The van der Waals surface area contributed by atoms with E-state index in [1.54, 1.807) is 6.92 Å². The first kappa shape index (κ1) is 13.0. The number of aryl methyl sites for hydroxylation is 1. The van der Waals surface area contributed by atoms with E-state index in [1.165, 1.54) is 24.3 Å². The van der Waals surface area contributed by atoms with Crippen molar-refractivity contribution in [3.8, 4) is 11.6 Å². The third kappa shape index (κ3) is 3.08. The molecule has 1 heterocycles. The molecule has 0 radical (unpaired) electrons. The number of benzene rings is 1. The van der Waals surface area contributed by atoms with Crippen LogP contribution in [0.15, 0.2) is 24.3 Å². The Hall–Kier alpha value is -2.41. The van der Waals surface area contributed by atoms with E-state index >= 15 is 0 Å². The highest BCUT2D eigenvalue weighted by molar-refractivity contribution is 6.29. The molecular weight excluding hydrogens is 272 g/mol. The summed E-state index contributed by atoms with van der Waals surface area (Å²) in [5.41, 5.74) is 6.03. The molecule has 2 rings (SSSR count). The van der Waals surface area contributed by atoms with E-state index in [4.69, 9.17) is 22.1 Å². The minimum absolute atomic E-state index is 0.00918. The second kappa shape index (κ2) is 5.07. The molecule has 8 heteroatoms. The van der Waals surface area contributed by atoms with Crippen molar-refractivity contribution in [1.29, 1.82) is 0 Å². The highest BCUT2D eigenvalue weighted by atomic mass is 35.5. The van der Waals surface area contributed by atoms with E-state index in [0.29, 0.717) is 11.3 Å². The fraction of sp³-hybridized carbons (Fsp3) is 0.0909. The average molecular weight is 281 g/mol. The molecule has 0 spiro atoms. The third-order valence-corrected chi connectivity index (χ3v) is 2.47. The van der Waals surface area contributed by atoms with Crippen LogP contribution in [0, 0.1) is 17.0 Å². The molecule has 98 valence electrons. The Bertz CT molecular complexity index is 628. The van der Waals surface area contributed by atoms with Gasteiger partial charge in [-0.3, -0.25) is 10.1 Å². The van der Waals surface area contributed by atoms with Crippen molar-refractivity contribution in [2.24, 2.45) is 0 Å². The number of nitrogens with zero attached hydrogens (tertiary/aromatic N) is 3. The summed E-state index contributed by atoms with van der Waals surface area (Å²) < 4.78 is 5.47. The summed E-state index contributed by atoms with van der Waals surface area (Å²) in [6, 6.07) is 5.63. The predicted octanol–water partition coefficient (Wildman–Crippen LogP) is 2.72. The number of ether oxygens (including phenoxy) is 1. The van der Waals surface area contributed by atoms with Crippen molar-refractivity contribution in [1.82, 2.24) is 9.97 Å². The van der Waals surface area contributed by atoms with Gasteiger partial charge in [-0.25, -0.2) is 4.98 Å². The van der Waals surface area contributed by atoms with E-state index in [9.17, 15) is 10.1 Å². The molecule has 0 atom stereocenters. The minimum Gasteiger partial charge on any atom is -0.439 e. The first-order valence-corrected chi connectivity index (χ1v) is 5.56. The maximum Gasteiger partial charge on any atom is 0.269 e. The Kier molecular flexibility index (Phi) is 3.48. The van der Waals surface area contributed by atoms with Gasteiger partial charge >= 0.3 is 0 Å². The quantitative estimate of drug-likeness (QED) is 0.526. The van der Waals surface area contributed by atoms with Crippen molar-refractivity contribution in [2.45, 2.75) is 6.92 Å². The zero-order valence-electron chi connectivity index (χ0n) is 9.83. The number of anilines is 1. The summed E-state index contributed by atoms with van der Waals surface area (Å²) in [6.45, 7) is 1.69. The number of halogens is 1. The van der Waals surface area contributed by atoms with Crippen molar-refractivity contribution in [2.75, 3.05) is 5.73 Å². The summed E-state index contributed by atoms with van der Waals surface area (Å²) in [6.07, 6.45) is 0. The van der Waals surface area contributed by atoms with Gasteiger partial charge in [-0.1, -0.05) is 11.6 Å². The van der Waals surface area contributed by atoms with Crippen LogP contribution < -0.4 is 10.5 Å². The summed E-state index contributed by atoms with van der Waals surface area (Å²) in [5.74, 6) is 0.594.